The molecule has 0 aliphatic carbocycles. The first kappa shape index (κ1) is 19.7. The number of nitrogens with one attached hydrogen (secondary N) is 1. The summed E-state index contributed by atoms with van der Waals surface area (Å²) in [6.45, 7) is 2.29. The van der Waals surface area contributed by atoms with Crippen LogP contribution in [0.5, 0.6) is 0 Å². The molecule has 1 N–H and O–H groups in total. The maximum absolute atomic E-state index is 6.96. The Morgan fingerprint density at radius 1 is 0.500 bits per heavy atom. The van der Waals surface area contributed by atoms with Gasteiger partial charge in [0.2, 0.25) is 0 Å². The first-order chi connectivity index (χ1) is 9.91. The molecule has 0 aliphatic heterocycles. The van der Waals surface area contributed by atoms with Crippen LogP contribution in [0.25, 0.3) is 0 Å². The van der Waals surface area contributed by atoms with Crippen LogP contribution in [-0.2, 0) is 0 Å². The zero-order valence-electron chi connectivity index (χ0n) is 14.1. The third-order valence-electron chi connectivity index (χ3n) is 4.20. The molecule has 0 saturated carbocycles. The van der Waals surface area contributed by atoms with Crippen molar-refractivity contribution < 1.29 is 0 Å². The second-order valence-corrected chi connectivity index (χ2v) is 6.30. The van der Waals surface area contributed by atoms with E-state index >= 15 is 0 Å². The zero-order valence-corrected chi connectivity index (χ0v) is 14.1. The Balaban J connectivity index is 2.90. The highest BCUT2D eigenvalue weighted by Gasteiger charge is 1.94. The lowest BCUT2D eigenvalue weighted by Crippen LogP contribution is -1.83. The zero-order chi connectivity index (χ0) is 14.7. The Kier molecular flexibility index (Phi) is 18.4. The van der Waals surface area contributed by atoms with Gasteiger partial charge in [0.05, 0.1) is 0 Å². The Bertz CT molecular complexity index is 177. The van der Waals surface area contributed by atoms with Gasteiger partial charge in [-0.25, -0.2) is 0 Å². The molecule has 20 heavy (non-hydrogen) atoms. The standard InChI is InChI=1S/C19H39N/c1-2-3-4-5-6-7-8-9-10-11-12-13-14-15-16-17-18-19-20/h19-20H,2-18H2,1H3. The van der Waals surface area contributed by atoms with Crippen LogP contribution >= 0.6 is 0 Å². The van der Waals surface area contributed by atoms with E-state index in [0.717, 1.165) is 6.42 Å². The molecule has 120 valence electrons. The van der Waals surface area contributed by atoms with Crippen LogP contribution in [-0.4, -0.2) is 6.21 Å². The average molecular weight is 282 g/mol. The summed E-state index contributed by atoms with van der Waals surface area (Å²) in [7, 11) is 0. The normalized spacial score (nSPS) is 10.8. The van der Waals surface area contributed by atoms with E-state index in [2.05, 4.69) is 6.92 Å². The van der Waals surface area contributed by atoms with E-state index in [4.69, 9.17) is 5.41 Å². The van der Waals surface area contributed by atoms with Crippen LogP contribution < -0.4 is 0 Å². The van der Waals surface area contributed by atoms with E-state index in [-0.39, 0.29) is 0 Å². The van der Waals surface area contributed by atoms with Gasteiger partial charge in [-0.3, -0.25) is 0 Å². The lowest BCUT2D eigenvalue weighted by atomic mass is 10.0. The molecule has 0 atom stereocenters. The van der Waals surface area contributed by atoms with Crippen molar-refractivity contribution in [3.05, 3.63) is 0 Å². The Morgan fingerprint density at radius 3 is 1.10 bits per heavy atom. The van der Waals surface area contributed by atoms with Crippen molar-refractivity contribution in [1.82, 2.24) is 0 Å². The molecule has 0 fully saturated rings. The number of hydrogen-bond acceptors (Lipinski definition) is 1. The lowest BCUT2D eigenvalue weighted by molar-refractivity contribution is 0.530. The maximum atomic E-state index is 6.96. The number of rotatable bonds is 17. The monoisotopic (exact) mass is 281 g/mol. The van der Waals surface area contributed by atoms with Crippen molar-refractivity contribution in [3.8, 4) is 0 Å². The number of unbranched alkanes of at least 4 members (excludes halogenated alkanes) is 16. The summed E-state index contributed by atoms with van der Waals surface area (Å²) in [6.07, 6.45) is 25.3. The highest BCUT2D eigenvalue weighted by molar-refractivity contribution is 5.52. The van der Waals surface area contributed by atoms with Gasteiger partial charge < -0.3 is 5.41 Å². The van der Waals surface area contributed by atoms with Crippen LogP contribution in [0, 0.1) is 5.41 Å². The molecule has 0 spiro atoms. The van der Waals surface area contributed by atoms with Crippen LogP contribution in [0.2, 0.25) is 0 Å². The average Bonchev–Trinajstić information content (AvgIpc) is 2.47. The summed E-state index contributed by atoms with van der Waals surface area (Å²) in [5.74, 6) is 0. The second kappa shape index (κ2) is 18.7. The highest BCUT2D eigenvalue weighted by Crippen LogP contribution is 2.13. The molecule has 0 rings (SSSR count). The molecule has 1 heteroatoms. The molecule has 0 aromatic carbocycles. The van der Waals surface area contributed by atoms with Crippen molar-refractivity contribution in [2.45, 2.75) is 116 Å². The molecule has 1 nitrogen and oxygen atoms in total. The van der Waals surface area contributed by atoms with Gasteiger partial charge in [-0.1, -0.05) is 103 Å². The predicted octanol–water partition coefficient (Wildman–Crippen LogP) is 7.29. The van der Waals surface area contributed by atoms with Gasteiger partial charge in [0.25, 0.3) is 0 Å². The van der Waals surface area contributed by atoms with Gasteiger partial charge in [0.1, 0.15) is 0 Å². The SMILES string of the molecule is CCCCCCCCCCCCCCCCCCC=N. The van der Waals surface area contributed by atoms with Gasteiger partial charge >= 0.3 is 0 Å². The smallest absolute Gasteiger partial charge is 0.00477 e. The molecule has 0 aromatic heterocycles. The number of hydrogen-bond donors (Lipinski definition) is 1. The second-order valence-electron chi connectivity index (χ2n) is 6.30. The molecule has 0 unspecified atom stereocenters. The van der Waals surface area contributed by atoms with Crippen molar-refractivity contribution in [2.75, 3.05) is 0 Å². The first-order valence-electron chi connectivity index (χ1n) is 9.40. The summed E-state index contributed by atoms with van der Waals surface area (Å²) in [5.41, 5.74) is 0. The third-order valence-corrected chi connectivity index (χ3v) is 4.20. The maximum Gasteiger partial charge on any atom is -0.00477 e. The van der Waals surface area contributed by atoms with Crippen molar-refractivity contribution in [2.24, 2.45) is 0 Å². The van der Waals surface area contributed by atoms with E-state index in [1.54, 1.807) is 6.21 Å². The summed E-state index contributed by atoms with van der Waals surface area (Å²) < 4.78 is 0. The molecule has 0 heterocycles. The van der Waals surface area contributed by atoms with Gasteiger partial charge in [-0.2, -0.15) is 0 Å². The Morgan fingerprint density at radius 2 is 0.800 bits per heavy atom. The van der Waals surface area contributed by atoms with Crippen LogP contribution in [0.1, 0.15) is 116 Å². The third kappa shape index (κ3) is 17.7. The molecular formula is C19H39N. The molecule has 0 aromatic rings. The van der Waals surface area contributed by atoms with Crippen molar-refractivity contribution in [1.29, 1.82) is 5.41 Å². The molecule has 0 radical (unpaired) electrons. The quantitative estimate of drug-likeness (QED) is 0.214. The van der Waals surface area contributed by atoms with Crippen LogP contribution in [0.4, 0.5) is 0 Å². The van der Waals surface area contributed by atoms with Gasteiger partial charge in [-0.05, 0) is 19.1 Å². The minimum Gasteiger partial charge on any atom is -0.313 e. The van der Waals surface area contributed by atoms with E-state index < -0.39 is 0 Å². The molecule has 0 bridgehead atoms. The van der Waals surface area contributed by atoms with E-state index in [0.29, 0.717) is 0 Å². The first-order valence-corrected chi connectivity index (χ1v) is 9.40. The minimum absolute atomic E-state index is 0.985. The molecule has 0 saturated heterocycles. The Hall–Kier alpha value is -0.330. The minimum atomic E-state index is 0.985. The van der Waals surface area contributed by atoms with Crippen molar-refractivity contribution in [3.63, 3.8) is 0 Å². The highest BCUT2D eigenvalue weighted by atomic mass is 14.3. The fourth-order valence-corrected chi connectivity index (χ4v) is 2.79. The fraction of sp³-hybridized carbons (Fsp3) is 0.947. The van der Waals surface area contributed by atoms with Gasteiger partial charge in [-0.15, -0.1) is 0 Å². The topological polar surface area (TPSA) is 23.9 Å². The summed E-state index contributed by atoms with van der Waals surface area (Å²) in [4.78, 5) is 0. The lowest BCUT2D eigenvalue weighted by Gasteiger charge is -2.03. The van der Waals surface area contributed by atoms with Crippen molar-refractivity contribution >= 4 is 6.21 Å². The largest absolute Gasteiger partial charge is 0.313 e. The molecule has 0 amide bonds. The van der Waals surface area contributed by atoms with E-state index in [1.165, 1.54) is 103 Å². The Labute approximate surface area is 128 Å². The van der Waals surface area contributed by atoms with Gasteiger partial charge in [0.15, 0.2) is 0 Å². The van der Waals surface area contributed by atoms with Gasteiger partial charge in [0, 0.05) is 0 Å². The van der Waals surface area contributed by atoms with E-state index in [9.17, 15) is 0 Å². The van der Waals surface area contributed by atoms with Crippen LogP contribution in [0.15, 0.2) is 0 Å². The van der Waals surface area contributed by atoms with E-state index in [1.807, 2.05) is 0 Å². The molecule has 0 aliphatic rings. The molecular weight excluding hydrogens is 242 g/mol. The predicted molar refractivity (Wildman–Crippen MR) is 92.9 cm³/mol. The summed E-state index contributed by atoms with van der Waals surface area (Å²) in [6, 6.07) is 0. The fourth-order valence-electron chi connectivity index (χ4n) is 2.79. The summed E-state index contributed by atoms with van der Waals surface area (Å²) >= 11 is 0. The summed E-state index contributed by atoms with van der Waals surface area (Å²) in [5, 5.41) is 6.96. The van der Waals surface area contributed by atoms with Crippen LogP contribution in [0.3, 0.4) is 0 Å².